The van der Waals surface area contributed by atoms with Gasteiger partial charge in [0.2, 0.25) is 0 Å². The maximum absolute atomic E-state index is 14.8. The minimum Gasteiger partial charge on any atom is -0.447 e. The summed E-state index contributed by atoms with van der Waals surface area (Å²) in [6.45, 7) is 0.774. The molecule has 158 valence electrons. The molecule has 5 rings (SSSR count). The predicted octanol–water partition coefficient (Wildman–Crippen LogP) is 4.83. The standard InChI is InChI=1S/C20H16ClF3N2O3S/c21-15-14-12(22)5-11(10-1-3-20(23,24)4-2-10)6-13(14)30-16(15)17(27)26-7-19(8-26)9-29-18(28)25-19/h1,5-6H,2-4,7-9H2,(H,25,28). The predicted molar refractivity (Wildman–Crippen MR) is 107 cm³/mol. The van der Waals surface area contributed by atoms with Crippen LogP contribution in [-0.4, -0.2) is 48.1 Å². The Balaban J connectivity index is 1.43. The number of rotatable bonds is 2. The van der Waals surface area contributed by atoms with Gasteiger partial charge in [0.25, 0.3) is 11.8 Å². The molecule has 3 aliphatic rings. The van der Waals surface area contributed by atoms with Crippen LogP contribution in [0, 0.1) is 5.82 Å². The van der Waals surface area contributed by atoms with Gasteiger partial charge < -0.3 is 15.0 Å². The van der Waals surface area contributed by atoms with Gasteiger partial charge in [0.15, 0.2) is 0 Å². The van der Waals surface area contributed by atoms with Crippen molar-refractivity contribution in [3.05, 3.63) is 39.5 Å². The van der Waals surface area contributed by atoms with Crippen molar-refractivity contribution in [2.45, 2.75) is 30.7 Å². The van der Waals surface area contributed by atoms with Crippen LogP contribution < -0.4 is 5.32 Å². The number of allylic oxidation sites excluding steroid dienone is 2. The number of benzene rings is 1. The molecular weight excluding hydrogens is 441 g/mol. The molecule has 3 heterocycles. The zero-order chi connectivity index (χ0) is 21.3. The summed E-state index contributed by atoms with van der Waals surface area (Å²) in [6.07, 6.45) is 0.458. The first-order valence-corrected chi connectivity index (χ1v) is 10.6. The highest BCUT2D eigenvalue weighted by atomic mass is 35.5. The fourth-order valence-electron chi connectivity index (χ4n) is 4.16. The second kappa shape index (κ2) is 6.62. The third-order valence-corrected chi connectivity index (χ3v) is 7.39. The van der Waals surface area contributed by atoms with E-state index in [2.05, 4.69) is 5.32 Å². The Hall–Kier alpha value is -2.26. The number of hydrogen-bond donors (Lipinski definition) is 1. The number of carbonyl (C=O) groups is 2. The van der Waals surface area contributed by atoms with Crippen molar-refractivity contribution in [1.29, 1.82) is 0 Å². The molecule has 2 aliphatic heterocycles. The molecule has 2 saturated heterocycles. The summed E-state index contributed by atoms with van der Waals surface area (Å²) < 4.78 is 47.0. The molecule has 1 aliphatic carbocycles. The monoisotopic (exact) mass is 456 g/mol. The van der Waals surface area contributed by atoms with Crippen molar-refractivity contribution >= 4 is 50.6 Å². The molecule has 0 atom stereocenters. The number of carbonyl (C=O) groups excluding carboxylic acids is 2. The molecule has 0 unspecified atom stereocenters. The van der Waals surface area contributed by atoms with Crippen LogP contribution in [0.4, 0.5) is 18.0 Å². The lowest BCUT2D eigenvalue weighted by Crippen LogP contribution is -2.69. The third-order valence-electron chi connectivity index (χ3n) is 5.78. The van der Waals surface area contributed by atoms with Crippen LogP contribution in [-0.2, 0) is 4.74 Å². The van der Waals surface area contributed by atoms with E-state index >= 15 is 0 Å². The van der Waals surface area contributed by atoms with Gasteiger partial charge in [0.1, 0.15) is 22.8 Å². The fraction of sp³-hybridized carbons (Fsp3) is 0.400. The lowest BCUT2D eigenvalue weighted by atomic mass is 9.91. The van der Waals surface area contributed by atoms with E-state index in [0.29, 0.717) is 15.8 Å². The minimum atomic E-state index is -2.73. The van der Waals surface area contributed by atoms with Gasteiger partial charge in [-0.15, -0.1) is 11.3 Å². The number of nitrogens with zero attached hydrogens (tertiary/aromatic N) is 1. The Morgan fingerprint density at radius 3 is 2.70 bits per heavy atom. The maximum atomic E-state index is 14.8. The Morgan fingerprint density at radius 2 is 2.07 bits per heavy atom. The molecule has 1 aromatic heterocycles. The SMILES string of the molecule is O=C1NC2(CO1)CN(C(=O)c1sc3cc(C4=CCC(F)(F)CC4)cc(F)c3c1Cl)C2. The number of fused-ring (bicyclic) bond motifs is 1. The maximum Gasteiger partial charge on any atom is 0.407 e. The summed E-state index contributed by atoms with van der Waals surface area (Å²) in [5, 5.41) is 2.90. The number of alkyl carbamates (subject to hydrolysis) is 1. The second-order valence-electron chi connectivity index (χ2n) is 8.01. The Bertz CT molecular complexity index is 1120. The van der Waals surface area contributed by atoms with Crippen LogP contribution in [0.2, 0.25) is 5.02 Å². The van der Waals surface area contributed by atoms with E-state index in [9.17, 15) is 22.8 Å². The zero-order valence-corrected chi connectivity index (χ0v) is 17.1. The van der Waals surface area contributed by atoms with Gasteiger partial charge in [-0.25, -0.2) is 18.0 Å². The number of alkyl halides is 2. The van der Waals surface area contributed by atoms with Crippen molar-refractivity contribution in [2.75, 3.05) is 19.7 Å². The number of thiophene rings is 1. The highest BCUT2D eigenvalue weighted by Crippen LogP contribution is 2.42. The topological polar surface area (TPSA) is 58.6 Å². The van der Waals surface area contributed by atoms with E-state index in [1.807, 2.05) is 0 Å². The van der Waals surface area contributed by atoms with Crippen LogP contribution in [0.3, 0.4) is 0 Å². The minimum absolute atomic E-state index is 0.0425. The molecule has 5 nitrogen and oxygen atoms in total. The van der Waals surface area contributed by atoms with E-state index in [1.54, 1.807) is 6.07 Å². The molecule has 2 fully saturated rings. The van der Waals surface area contributed by atoms with Gasteiger partial charge in [-0.3, -0.25) is 4.79 Å². The highest BCUT2D eigenvalue weighted by molar-refractivity contribution is 7.21. The summed E-state index contributed by atoms with van der Waals surface area (Å²) in [4.78, 5) is 25.9. The summed E-state index contributed by atoms with van der Waals surface area (Å²) in [5.41, 5.74) is 0.631. The largest absolute Gasteiger partial charge is 0.447 e. The molecule has 0 radical (unpaired) electrons. The second-order valence-corrected chi connectivity index (χ2v) is 9.44. The molecule has 1 spiro atoms. The van der Waals surface area contributed by atoms with E-state index < -0.39 is 23.4 Å². The summed E-state index contributed by atoms with van der Waals surface area (Å²) >= 11 is 7.42. The molecule has 1 aromatic carbocycles. The number of amides is 2. The van der Waals surface area contributed by atoms with Crippen molar-refractivity contribution in [3.63, 3.8) is 0 Å². The van der Waals surface area contributed by atoms with Crippen molar-refractivity contribution in [2.24, 2.45) is 0 Å². The number of ether oxygens (including phenoxy) is 1. The molecule has 0 saturated carbocycles. The molecule has 0 bridgehead atoms. The number of halogens is 4. The molecule has 10 heteroatoms. The quantitative estimate of drug-likeness (QED) is 0.704. The number of cyclic esters (lactones) is 1. The first-order chi connectivity index (χ1) is 14.2. The lowest BCUT2D eigenvalue weighted by Gasteiger charge is -2.45. The summed E-state index contributed by atoms with van der Waals surface area (Å²) in [5.74, 6) is -3.65. The van der Waals surface area contributed by atoms with Crippen LogP contribution >= 0.6 is 22.9 Å². The molecule has 1 N–H and O–H groups in total. The first-order valence-electron chi connectivity index (χ1n) is 9.39. The first kappa shape index (κ1) is 19.7. The van der Waals surface area contributed by atoms with Gasteiger partial charge in [-0.1, -0.05) is 17.7 Å². The van der Waals surface area contributed by atoms with Crippen molar-refractivity contribution < 1.29 is 27.5 Å². The normalized spacial score (nSPS) is 21.9. The van der Waals surface area contributed by atoms with Crippen LogP contribution in [0.25, 0.3) is 15.7 Å². The third kappa shape index (κ3) is 3.15. The Morgan fingerprint density at radius 1 is 1.30 bits per heavy atom. The fourth-order valence-corrected chi connectivity index (χ4v) is 5.72. The van der Waals surface area contributed by atoms with Crippen molar-refractivity contribution in [1.82, 2.24) is 10.2 Å². The van der Waals surface area contributed by atoms with Gasteiger partial charge in [-0.05, 0) is 29.7 Å². The van der Waals surface area contributed by atoms with Gasteiger partial charge >= 0.3 is 6.09 Å². The number of likely N-dealkylation sites (tertiary alicyclic amines) is 1. The zero-order valence-electron chi connectivity index (χ0n) is 15.6. The number of hydrogen-bond acceptors (Lipinski definition) is 4. The van der Waals surface area contributed by atoms with Crippen LogP contribution in [0.5, 0.6) is 0 Å². The van der Waals surface area contributed by atoms with Crippen LogP contribution in [0.15, 0.2) is 18.2 Å². The summed E-state index contributed by atoms with van der Waals surface area (Å²) in [6, 6.07) is 2.98. The van der Waals surface area contributed by atoms with E-state index in [0.717, 1.165) is 11.3 Å². The average molecular weight is 457 g/mol. The molecular formula is C20H16ClF3N2O3S. The smallest absolute Gasteiger partial charge is 0.407 e. The van der Waals surface area contributed by atoms with Crippen LogP contribution in [0.1, 0.15) is 34.5 Å². The lowest BCUT2D eigenvalue weighted by molar-refractivity contribution is -0.00603. The highest BCUT2D eigenvalue weighted by Gasteiger charge is 2.51. The molecule has 2 amide bonds. The summed E-state index contributed by atoms with van der Waals surface area (Å²) in [7, 11) is 0. The Kier molecular flexibility index (Phi) is 4.34. The molecule has 2 aromatic rings. The number of nitrogens with one attached hydrogen (secondary N) is 1. The van der Waals surface area contributed by atoms with E-state index in [1.165, 1.54) is 17.0 Å². The van der Waals surface area contributed by atoms with Gasteiger partial charge in [0, 0.05) is 36.0 Å². The van der Waals surface area contributed by atoms with Gasteiger partial charge in [0.05, 0.1) is 5.02 Å². The van der Waals surface area contributed by atoms with Crippen molar-refractivity contribution in [3.8, 4) is 0 Å². The Labute approximate surface area is 178 Å². The molecule has 30 heavy (non-hydrogen) atoms. The van der Waals surface area contributed by atoms with E-state index in [4.69, 9.17) is 16.3 Å². The average Bonchev–Trinajstić information content (AvgIpc) is 3.21. The van der Waals surface area contributed by atoms with Gasteiger partial charge in [-0.2, -0.15) is 0 Å². The van der Waals surface area contributed by atoms with E-state index in [-0.39, 0.29) is 60.2 Å².